The van der Waals surface area contributed by atoms with Gasteiger partial charge in [0.2, 0.25) is 29.5 Å². The van der Waals surface area contributed by atoms with E-state index in [1.807, 2.05) is 6.92 Å². The SMILES string of the molecule is CCc1c2c(nc3ccc(OC(=O)COCNC(=O)CNC(=O)[C@H](Cc4ccccc4)NC(=O)CNC(=O)CNC(=O)CCC(=O)O)cc13)-c1cc3c(c(=O)n1C2)COC(=O)[C@]3(O)CC. The third-order valence-electron chi connectivity index (χ3n) is 10.8. The number of aryl methyl sites for hydroxylation is 1. The fourth-order valence-electron chi connectivity index (χ4n) is 7.42. The van der Waals surface area contributed by atoms with Gasteiger partial charge in [-0.25, -0.2) is 14.6 Å². The van der Waals surface area contributed by atoms with Crippen LogP contribution in [-0.4, -0.2) is 106 Å². The summed E-state index contributed by atoms with van der Waals surface area (Å²) in [6.07, 6.45) is -0.137. The van der Waals surface area contributed by atoms with Crippen molar-refractivity contribution in [1.82, 2.24) is 36.1 Å². The van der Waals surface area contributed by atoms with E-state index < -0.39 is 98.5 Å². The van der Waals surface area contributed by atoms with Crippen LogP contribution in [0.1, 0.15) is 60.9 Å². The van der Waals surface area contributed by atoms with Gasteiger partial charge in [-0.3, -0.25) is 33.6 Å². The van der Waals surface area contributed by atoms with Crippen molar-refractivity contribution in [1.29, 1.82) is 0 Å². The molecule has 0 bridgehead atoms. The van der Waals surface area contributed by atoms with Crippen LogP contribution in [0.4, 0.5) is 0 Å². The maximum absolute atomic E-state index is 13.6. The minimum atomic E-state index is -1.96. The van der Waals surface area contributed by atoms with Gasteiger partial charge in [0.05, 0.1) is 55.1 Å². The van der Waals surface area contributed by atoms with Crippen molar-refractivity contribution in [3.8, 4) is 17.1 Å². The molecule has 2 aliphatic rings. The molecular weight excluding hydrogens is 851 g/mol. The van der Waals surface area contributed by atoms with E-state index in [1.54, 1.807) is 66.1 Å². The van der Waals surface area contributed by atoms with Crippen LogP contribution < -0.4 is 36.9 Å². The van der Waals surface area contributed by atoms with Crippen molar-refractivity contribution < 1.29 is 62.8 Å². The van der Waals surface area contributed by atoms with Crippen molar-refractivity contribution in [2.24, 2.45) is 0 Å². The molecule has 0 saturated carbocycles. The number of carboxylic acids is 1. The van der Waals surface area contributed by atoms with Gasteiger partial charge in [0, 0.05) is 29.4 Å². The van der Waals surface area contributed by atoms with E-state index in [9.17, 15) is 48.3 Å². The van der Waals surface area contributed by atoms with Crippen molar-refractivity contribution in [2.75, 3.05) is 33.0 Å². The Kier molecular flexibility index (Phi) is 15.0. The highest BCUT2D eigenvalue weighted by atomic mass is 16.6. The fraction of sp³-hybridized carbons (Fsp3) is 0.364. The Bertz CT molecular complexity index is 2610. The van der Waals surface area contributed by atoms with Gasteiger partial charge in [-0.1, -0.05) is 44.2 Å². The Morgan fingerprint density at radius 2 is 1.57 bits per heavy atom. The summed E-state index contributed by atoms with van der Waals surface area (Å²) in [6.45, 7) is 1.01. The lowest BCUT2D eigenvalue weighted by atomic mass is 9.86. The highest BCUT2D eigenvalue weighted by Gasteiger charge is 2.45. The van der Waals surface area contributed by atoms with Crippen LogP contribution in [0.2, 0.25) is 0 Å². The van der Waals surface area contributed by atoms with Gasteiger partial charge >= 0.3 is 17.9 Å². The molecule has 4 heterocycles. The number of ether oxygens (including phenoxy) is 3. The summed E-state index contributed by atoms with van der Waals surface area (Å²) >= 11 is 0. The molecule has 6 rings (SSSR count). The zero-order valence-electron chi connectivity index (χ0n) is 35.4. The largest absolute Gasteiger partial charge is 0.481 e. The van der Waals surface area contributed by atoms with Crippen LogP contribution in [0.25, 0.3) is 22.3 Å². The molecule has 0 spiro atoms. The number of hydrogen-bond acceptors (Lipinski definition) is 14. The standard InChI is InChI=1S/C44H47N7O14/c1-3-26-27-15-25(10-11-31(27)50-40-28(26)20-51-33(40)16-30-29(42(51)60)21-64-43(61)44(30,62)4-2)65-39(58)22-63-23-48-36(54)18-47-41(59)32(14-24-8-6-5-7-9-24)49-37(55)19-46-35(53)17-45-34(52)12-13-38(56)57/h5-11,15-16,32,62H,3-4,12-14,17-23H2,1-2H3,(H,45,52)(H,46,53)(H,47,59)(H,48,54)(H,49,55)(H,56,57)/t32-,44-/m0/s1. The monoisotopic (exact) mass is 897 g/mol. The van der Waals surface area contributed by atoms with Crippen LogP contribution >= 0.6 is 0 Å². The molecule has 7 N–H and O–H groups in total. The summed E-state index contributed by atoms with van der Waals surface area (Å²) in [4.78, 5) is 116. The molecule has 2 aliphatic heterocycles. The van der Waals surface area contributed by atoms with Crippen LogP contribution in [0.5, 0.6) is 5.75 Å². The van der Waals surface area contributed by atoms with Gasteiger partial charge in [-0.2, -0.15) is 0 Å². The molecule has 2 aromatic carbocycles. The van der Waals surface area contributed by atoms with E-state index >= 15 is 0 Å². The van der Waals surface area contributed by atoms with E-state index in [1.165, 1.54) is 0 Å². The first kappa shape index (κ1) is 47.0. The van der Waals surface area contributed by atoms with Gasteiger partial charge in [0.15, 0.2) is 5.60 Å². The zero-order chi connectivity index (χ0) is 46.8. The van der Waals surface area contributed by atoms with Gasteiger partial charge in [0.25, 0.3) is 5.56 Å². The van der Waals surface area contributed by atoms with Crippen molar-refractivity contribution in [3.63, 3.8) is 0 Å². The average Bonchev–Trinajstić information content (AvgIpc) is 3.66. The zero-order valence-corrected chi connectivity index (χ0v) is 35.4. The van der Waals surface area contributed by atoms with Crippen LogP contribution in [0, 0.1) is 0 Å². The Labute approximate surface area is 370 Å². The number of hydrogen-bond donors (Lipinski definition) is 7. The number of carbonyl (C=O) groups is 8. The smallest absolute Gasteiger partial charge is 0.343 e. The second-order valence-corrected chi connectivity index (χ2v) is 15.1. The van der Waals surface area contributed by atoms with Gasteiger partial charge in [0.1, 0.15) is 31.7 Å². The van der Waals surface area contributed by atoms with E-state index in [0.29, 0.717) is 34.3 Å². The lowest BCUT2D eigenvalue weighted by Crippen LogP contribution is -2.52. The summed E-state index contributed by atoms with van der Waals surface area (Å²) < 4.78 is 17.5. The molecule has 0 fully saturated rings. The number of rotatable bonds is 20. The highest BCUT2D eigenvalue weighted by Crippen LogP contribution is 2.40. The van der Waals surface area contributed by atoms with Crippen molar-refractivity contribution in [2.45, 2.75) is 70.7 Å². The summed E-state index contributed by atoms with van der Waals surface area (Å²) in [5.41, 5.74) is 1.99. The molecule has 2 aromatic heterocycles. The summed E-state index contributed by atoms with van der Waals surface area (Å²) in [5.74, 6) is -6.08. The third kappa shape index (κ3) is 11.2. The maximum atomic E-state index is 13.6. The first-order valence-electron chi connectivity index (χ1n) is 20.7. The quantitative estimate of drug-likeness (QED) is 0.0226. The summed E-state index contributed by atoms with van der Waals surface area (Å²) in [5, 5.41) is 32.4. The first-order chi connectivity index (χ1) is 31.1. The van der Waals surface area contributed by atoms with Gasteiger partial charge in [-0.05, 0) is 48.2 Å². The predicted molar refractivity (Wildman–Crippen MR) is 226 cm³/mol. The Hall–Kier alpha value is -7.52. The first-order valence-corrected chi connectivity index (χ1v) is 20.7. The van der Waals surface area contributed by atoms with E-state index in [-0.39, 0.29) is 54.8 Å². The molecule has 5 amide bonds. The molecule has 21 nitrogen and oxygen atoms in total. The van der Waals surface area contributed by atoms with E-state index in [0.717, 1.165) is 11.1 Å². The number of nitrogens with zero attached hydrogens (tertiary/aromatic N) is 2. The number of aromatic nitrogens is 2. The number of aliphatic carboxylic acids is 1. The van der Waals surface area contributed by atoms with Crippen LogP contribution in [0.3, 0.4) is 0 Å². The molecule has 2 atom stereocenters. The van der Waals surface area contributed by atoms with Gasteiger partial charge < -0.3 is 55.6 Å². The molecule has 342 valence electrons. The molecule has 0 aliphatic carbocycles. The van der Waals surface area contributed by atoms with Crippen molar-refractivity contribution >= 4 is 58.3 Å². The summed E-state index contributed by atoms with van der Waals surface area (Å²) in [6, 6.07) is 14.0. The molecular formula is C44H47N7O14. The van der Waals surface area contributed by atoms with Crippen LogP contribution in [-0.2, 0) is 79.4 Å². The number of aliphatic hydroxyl groups is 1. The highest BCUT2D eigenvalue weighted by molar-refractivity contribution is 5.93. The topological polar surface area (TPSA) is 300 Å². The molecule has 0 unspecified atom stereocenters. The number of esters is 2. The molecule has 21 heteroatoms. The third-order valence-corrected chi connectivity index (χ3v) is 10.8. The van der Waals surface area contributed by atoms with Crippen molar-refractivity contribution in [3.05, 3.63) is 92.8 Å². The maximum Gasteiger partial charge on any atom is 0.343 e. The number of nitrogens with one attached hydrogen (secondary N) is 5. The second kappa shape index (κ2) is 20.8. The molecule has 0 radical (unpaired) electrons. The van der Waals surface area contributed by atoms with E-state index in [2.05, 4.69) is 26.6 Å². The lowest BCUT2D eigenvalue weighted by molar-refractivity contribution is -0.172. The Balaban J connectivity index is 0.981. The number of fused-ring (bicyclic) bond motifs is 5. The number of benzene rings is 2. The normalized spacial score (nSPS) is 15.0. The predicted octanol–water partition coefficient (Wildman–Crippen LogP) is -0.421. The van der Waals surface area contributed by atoms with E-state index in [4.69, 9.17) is 24.3 Å². The summed E-state index contributed by atoms with van der Waals surface area (Å²) in [7, 11) is 0. The molecule has 0 saturated heterocycles. The minimum absolute atomic E-state index is 0.0170. The number of pyridine rings is 2. The lowest BCUT2D eigenvalue weighted by Gasteiger charge is -2.31. The average molecular weight is 898 g/mol. The fourth-order valence-corrected chi connectivity index (χ4v) is 7.42. The van der Waals surface area contributed by atoms with Crippen LogP contribution in [0.15, 0.2) is 59.4 Å². The molecule has 4 aromatic rings. The number of cyclic esters (lactones) is 1. The Morgan fingerprint density at radius 1 is 0.862 bits per heavy atom. The second-order valence-electron chi connectivity index (χ2n) is 15.1. The Morgan fingerprint density at radius 3 is 2.29 bits per heavy atom. The molecule has 65 heavy (non-hydrogen) atoms. The number of carbonyl (C=O) groups excluding carboxylic acids is 7. The van der Waals surface area contributed by atoms with Gasteiger partial charge in [-0.15, -0.1) is 0 Å². The minimum Gasteiger partial charge on any atom is -0.481 e. The number of amides is 5. The number of carboxylic acid groups (broad SMARTS) is 1.